The van der Waals surface area contributed by atoms with Crippen LogP contribution in [0.15, 0.2) is 54.6 Å². The van der Waals surface area contributed by atoms with Crippen molar-refractivity contribution in [3.05, 3.63) is 83.0 Å². The summed E-state index contributed by atoms with van der Waals surface area (Å²) in [4.78, 5) is 18.4. The minimum absolute atomic E-state index is 0.100. The highest BCUT2D eigenvalue weighted by atomic mass is 32.1. The molecule has 0 fully saturated rings. The molecule has 127 valence electrons. The maximum absolute atomic E-state index is 12.9. The minimum Gasteiger partial charge on any atom is -0.351 e. The molecule has 25 heavy (non-hydrogen) atoms. The van der Waals surface area contributed by atoms with E-state index >= 15 is 0 Å². The molecule has 1 amide bonds. The van der Waals surface area contributed by atoms with Crippen LogP contribution >= 0.6 is 11.3 Å². The largest absolute Gasteiger partial charge is 0.351 e. The first-order valence-electron chi connectivity index (χ1n) is 8.05. The van der Waals surface area contributed by atoms with Gasteiger partial charge in [-0.2, -0.15) is 0 Å². The van der Waals surface area contributed by atoms with E-state index < -0.39 is 0 Å². The summed E-state index contributed by atoms with van der Waals surface area (Å²) in [6.07, 6.45) is 2.61. The highest BCUT2D eigenvalue weighted by Gasteiger charge is 2.11. The molecule has 1 radical (unpaired) electrons. The average Bonchev–Trinajstić information content (AvgIpc) is 3.14. The summed E-state index contributed by atoms with van der Waals surface area (Å²) < 4.78 is 12.9. The quantitative estimate of drug-likeness (QED) is 0.709. The van der Waals surface area contributed by atoms with Crippen LogP contribution in [0, 0.1) is 12.2 Å². The van der Waals surface area contributed by atoms with Crippen LogP contribution in [0.2, 0.25) is 0 Å². The van der Waals surface area contributed by atoms with Crippen molar-refractivity contribution in [3.63, 3.8) is 0 Å². The molecule has 1 aromatic carbocycles. The molecule has 2 aromatic heterocycles. The van der Waals surface area contributed by atoms with E-state index in [-0.39, 0.29) is 11.7 Å². The fourth-order valence-corrected chi connectivity index (χ4v) is 3.30. The van der Waals surface area contributed by atoms with Gasteiger partial charge in [-0.1, -0.05) is 25.1 Å². The molecule has 0 saturated carbocycles. The third kappa shape index (κ3) is 4.51. The summed E-state index contributed by atoms with van der Waals surface area (Å²) in [6.45, 7) is 2.46. The molecule has 5 heteroatoms. The number of hydrogen-bond donors (Lipinski definition) is 1. The number of carbonyl (C=O) groups is 1. The van der Waals surface area contributed by atoms with Crippen LogP contribution in [0.3, 0.4) is 0 Å². The van der Waals surface area contributed by atoms with E-state index in [2.05, 4.69) is 10.3 Å². The zero-order valence-corrected chi connectivity index (χ0v) is 14.6. The summed E-state index contributed by atoms with van der Waals surface area (Å²) in [5.74, 6) is -0.353. The summed E-state index contributed by atoms with van der Waals surface area (Å²) >= 11 is 1.42. The third-order valence-corrected chi connectivity index (χ3v) is 4.87. The molecule has 3 aromatic rings. The zero-order chi connectivity index (χ0) is 17.6. The predicted molar refractivity (Wildman–Crippen MR) is 99.1 cm³/mol. The van der Waals surface area contributed by atoms with Crippen LogP contribution in [0.4, 0.5) is 4.39 Å². The molecule has 0 aliphatic rings. The summed E-state index contributed by atoms with van der Waals surface area (Å²) in [5.41, 5.74) is 2.77. The van der Waals surface area contributed by atoms with Gasteiger partial charge in [-0.15, -0.1) is 11.3 Å². The number of rotatable bonds is 6. The molecule has 3 nitrogen and oxygen atoms in total. The molecular weight excluding hydrogens is 335 g/mol. The van der Waals surface area contributed by atoms with Gasteiger partial charge >= 0.3 is 0 Å². The average molecular weight is 353 g/mol. The molecule has 0 aliphatic heterocycles. The van der Waals surface area contributed by atoms with Crippen molar-refractivity contribution >= 4 is 17.2 Å². The van der Waals surface area contributed by atoms with E-state index in [0.29, 0.717) is 17.8 Å². The number of halogens is 1. The van der Waals surface area contributed by atoms with Crippen molar-refractivity contribution < 1.29 is 9.18 Å². The van der Waals surface area contributed by atoms with Crippen LogP contribution < -0.4 is 5.32 Å². The minimum atomic E-state index is -0.253. The first-order valence-corrected chi connectivity index (χ1v) is 8.86. The second-order valence-corrected chi connectivity index (χ2v) is 6.62. The molecule has 0 saturated heterocycles. The van der Waals surface area contributed by atoms with E-state index in [4.69, 9.17) is 0 Å². The van der Waals surface area contributed by atoms with Crippen LogP contribution in [0.25, 0.3) is 10.6 Å². The summed E-state index contributed by atoms with van der Waals surface area (Å²) in [7, 11) is 0. The van der Waals surface area contributed by atoms with Crippen molar-refractivity contribution in [2.45, 2.75) is 13.3 Å². The molecule has 0 spiro atoms. The smallest absolute Gasteiger partial charge is 0.261 e. The van der Waals surface area contributed by atoms with E-state index in [1.165, 1.54) is 23.5 Å². The maximum atomic E-state index is 12.9. The number of nitrogens with one attached hydrogen (secondary N) is 1. The SMILES string of the molecule is C[CH]c1cccc(-c2ccc(C(=O)NCCc3ccc(F)cc3)s2)n1. The van der Waals surface area contributed by atoms with Gasteiger partial charge in [0.25, 0.3) is 5.91 Å². The van der Waals surface area contributed by atoms with Gasteiger partial charge in [0, 0.05) is 18.7 Å². The Morgan fingerprint density at radius 2 is 1.96 bits per heavy atom. The van der Waals surface area contributed by atoms with Crippen molar-refractivity contribution in [3.8, 4) is 10.6 Å². The Bertz CT molecular complexity index is 858. The van der Waals surface area contributed by atoms with Gasteiger partial charge in [0.1, 0.15) is 5.82 Å². The Morgan fingerprint density at radius 3 is 2.72 bits per heavy atom. The van der Waals surface area contributed by atoms with E-state index in [0.717, 1.165) is 21.8 Å². The zero-order valence-electron chi connectivity index (χ0n) is 13.8. The normalized spacial score (nSPS) is 10.6. The lowest BCUT2D eigenvalue weighted by Gasteiger charge is -2.04. The first kappa shape index (κ1) is 17.3. The lowest BCUT2D eigenvalue weighted by Crippen LogP contribution is -2.24. The van der Waals surface area contributed by atoms with E-state index in [1.807, 2.05) is 43.7 Å². The van der Waals surface area contributed by atoms with Crippen LogP contribution in [0.1, 0.15) is 27.9 Å². The van der Waals surface area contributed by atoms with E-state index in [9.17, 15) is 9.18 Å². The molecule has 0 unspecified atom stereocenters. The lowest BCUT2D eigenvalue weighted by molar-refractivity contribution is 0.0958. The Morgan fingerprint density at radius 1 is 1.16 bits per heavy atom. The van der Waals surface area contributed by atoms with Gasteiger partial charge in [-0.25, -0.2) is 4.39 Å². The van der Waals surface area contributed by atoms with Gasteiger partial charge in [0.2, 0.25) is 0 Å². The predicted octanol–water partition coefficient (Wildman–Crippen LogP) is 4.49. The van der Waals surface area contributed by atoms with Crippen molar-refractivity contribution in [1.29, 1.82) is 0 Å². The number of benzene rings is 1. The highest BCUT2D eigenvalue weighted by Crippen LogP contribution is 2.27. The lowest BCUT2D eigenvalue weighted by atomic mass is 10.1. The van der Waals surface area contributed by atoms with Crippen LogP contribution in [0.5, 0.6) is 0 Å². The molecule has 1 N–H and O–H groups in total. The topological polar surface area (TPSA) is 42.0 Å². The summed E-state index contributed by atoms with van der Waals surface area (Å²) in [5, 5.41) is 2.90. The molecule has 0 bridgehead atoms. The van der Waals surface area contributed by atoms with Crippen molar-refractivity contribution in [2.24, 2.45) is 0 Å². The Hall–Kier alpha value is -2.53. The molecule has 0 atom stereocenters. The standard InChI is InChI=1S/C20H18FN2OS/c1-2-16-4-3-5-17(23-16)18-10-11-19(25-18)20(24)22-13-12-14-6-8-15(21)9-7-14/h2-11H,12-13H2,1H3,(H,22,24). The van der Waals surface area contributed by atoms with Crippen LogP contribution in [-0.4, -0.2) is 17.4 Å². The fraction of sp³-hybridized carbons (Fsp3) is 0.150. The fourth-order valence-electron chi connectivity index (χ4n) is 2.41. The van der Waals surface area contributed by atoms with Gasteiger partial charge in [-0.3, -0.25) is 9.78 Å². The van der Waals surface area contributed by atoms with Crippen molar-refractivity contribution in [2.75, 3.05) is 6.54 Å². The molecule has 0 aliphatic carbocycles. The third-order valence-electron chi connectivity index (χ3n) is 3.76. The second kappa shape index (κ2) is 8.03. The Labute approximate surface area is 150 Å². The number of hydrogen-bond acceptors (Lipinski definition) is 3. The molecule has 3 rings (SSSR count). The number of carbonyl (C=O) groups excluding carboxylic acids is 1. The first-order chi connectivity index (χ1) is 12.2. The number of amides is 1. The molecular formula is C20H18FN2OS. The van der Waals surface area contributed by atoms with Crippen molar-refractivity contribution in [1.82, 2.24) is 10.3 Å². The van der Waals surface area contributed by atoms with Gasteiger partial charge in [0.15, 0.2) is 0 Å². The number of pyridine rings is 1. The van der Waals surface area contributed by atoms with Gasteiger partial charge in [0.05, 0.1) is 15.4 Å². The number of aromatic nitrogens is 1. The van der Waals surface area contributed by atoms with Crippen LogP contribution in [-0.2, 0) is 6.42 Å². The molecule has 2 heterocycles. The Balaban J connectivity index is 1.59. The van der Waals surface area contributed by atoms with E-state index in [1.54, 1.807) is 12.1 Å². The van der Waals surface area contributed by atoms with Gasteiger partial charge < -0.3 is 5.32 Å². The highest BCUT2D eigenvalue weighted by molar-refractivity contribution is 7.17. The summed E-state index contributed by atoms with van der Waals surface area (Å²) in [6, 6.07) is 15.9. The second-order valence-electron chi connectivity index (χ2n) is 5.53. The monoisotopic (exact) mass is 353 g/mol. The number of nitrogens with zero attached hydrogens (tertiary/aromatic N) is 1. The number of thiophene rings is 1. The maximum Gasteiger partial charge on any atom is 0.261 e. The Kier molecular flexibility index (Phi) is 5.56. The van der Waals surface area contributed by atoms with Gasteiger partial charge in [-0.05, 0) is 48.4 Å².